The molecule has 0 bridgehead atoms. The molecule has 0 radical (unpaired) electrons. The molecule has 0 atom stereocenters. The van der Waals surface area contributed by atoms with E-state index in [1.54, 1.807) is 0 Å². The van der Waals surface area contributed by atoms with Crippen LogP contribution in [-0.4, -0.2) is 59.3 Å². The smallest absolute Gasteiger partial charge is 0.267 e. The first-order chi connectivity index (χ1) is 14.2. The lowest BCUT2D eigenvalue weighted by molar-refractivity contribution is 0.0374. The van der Waals surface area contributed by atoms with E-state index in [2.05, 4.69) is 49.7 Å². The summed E-state index contributed by atoms with van der Waals surface area (Å²) in [5.74, 6) is 0.805. The van der Waals surface area contributed by atoms with Crippen LogP contribution < -0.4 is 5.32 Å². The van der Waals surface area contributed by atoms with Gasteiger partial charge in [0.05, 0.1) is 29.8 Å². The van der Waals surface area contributed by atoms with Crippen molar-refractivity contribution in [3.8, 4) is 0 Å². The SMILES string of the molecule is Cn1c(C(=O)NCCCN2CCOCC2)cc2c1c1ccccc1n2CC1CC1. The summed E-state index contributed by atoms with van der Waals surface area (Å²) >= 11 is 0. The Labute approximate surface area is 171 Å². The van der Waals surface area contributed by atoms with Crippen molar-refractivity contribution >= 4 is 27.8 Å². The minimum absolute atomic E-state index is 0.0210. The van der Waals surface area contributed by atoms with Crippen LogP contribution in [0.2, 0.25) is 0 Å². The zero-order valence-corrected chi connectivity index (χ0v) is 17.2. The second kappa shape index (κ2) is 7.84. The number of nitrogens with zero attached hydrogens (tertiary/aromatic N) is 3. The Morgan fingerprint density at radius 2 is 1.97 bits per heavy atom. The van der Waals surface area contributed by atoms with Gasteiger partial charge in [-0.05, 0) is 43.9 Å². The molecule has 6 heteroatoms. The molecule has 6 nitrogen and oxygen atoms in total. The van der Waals surface area contributed by atoms with Crippen LogP contribution in [0, 0.1) is 5.92 Å². The number of morpholine rings is 1. The maximum atomic E-state index is 12.9. The van der Waals surface area contributed by atoms with E-state index in [4.69, 9.17) is 4.74 Å². The topological polar surface area (TPSA) is 51.4 Å². The Kier molecular flexibility index (Phi) is 5.06. The number of ether oxygens (including phenoxy) is 1. The summed E-state index contributed by atoms with van der Waals surface area (Å²) in [6.45, 7) is 6.39. The van der Waals surface area contributed by atoms with Crippen LogP contribution in [0.1, 0.15) is 29.8 Å². The molecule has 1 aromatic carbocycles. The van der Waals surface area contributed by atoms with Crippen LogP contribution in [0.5, 0.6) is 0 Å². The standard InChI is InChI=1S/C23H30N4O2/c1-25-21(23(28)24-9-4-10-26-11-13-29-14-12-26)15-20-22(25)18-5-2-3-6-19(18)27(20)16-17-7-8-17/h2-3,5-6,15,17H,4,7-14,16H2,1H3,(H,24,28). The summed E-state index contributed by atoms with van der Waals surface area (Å²) in [4.78, 5) is 15.3. The third-order valence-electron chi connectivity index (χ3n) is 6.36. The quantitative estimate of drug-likeness (QED) is 0.627. The molecular formula is C23H30N4O2. The minimum Gasteiger partial charge on any atom is -0.379 e. The van der Waals surface area contributed by atoms with Gasteiger partial charge in [-0.3, -0.25) is 9.69 Å². The summed E-state index contributed by atoms with van der Waals surface area (Å²) in [5, 5.41) is 4.36. The summed E-state index contributed by atoms with van der Waals surface area (Å²) < 4.78 is 9.87. The fraction of sp³-hybridized carbons (Fsp3) is 0.522. The molecule has 1 saturated carbocycles. The predicted molar refractivity (Wildman–Crippen MR) is 115 cm³/mol. The Morgan fingerprint density at radius 3 is 2.76 bits per heavy atom. The summed E-state index contributed by atoms with van der Waals surface area (Å²) in [7, 11) is 2.01. The van der Waals surface area contributed by atoms with Crippen LogP contribution in [0.25, 0.3) is 21.9 Å². The zero-order chi connectivity index (χ0) is 19.8. The van der Waals surface area contributed by atoms with Gasteiger partial charge in [-0.1, -0.05) is 18.2 Å². The second-order valence-corrected chi connectivity index (χ2v) is 8.46. The largest absolute Gasteiger partial charge is 0.379 e. The number of nitrogens with one attached hydrogen (secondary N) is 1. The van der Waals surface area contributed by atoms with Crippen molar-refractivity contribution in [2.24, 2.45) is 13.0 Å². The monoisotopic (exact) mass is 394 g/mol. The zero-order valence-electron chi connectivity index (χ0n) is 17.2. The van der Waals surface area contributed by atoms with Crippen molar-refractivity contribution in [3.05, 3.63) is 36.0 Å². The molecule has 3 heterocycles. The average molecular weight is 395 g/mol. The first-order valence-electron chi connectivity index (χ1n) is 10.9. The molecule has 0 spiro atoms. The molecular weight excluding hydrogens is 364 g/mol. The van der Waals surface area contributed by atoms with Crippen LogP contribution >= 0.6 is 0 Å². The van der Waals surface area contributed by atoms with Crippen LogP contribution in [0.3, 0.4) is 0 Å². The highest BCUT2D eigenvalue weighted by Crippen LogP contribution is 2.36. The molecule has 154 valence electrons. The summed E-state index contributed by atoms with van der Waals surface area (Å²) in [6.07, 6.45) is 3.60. The van der Waals surface area contributed by atoms with Gasteiger partial charge in [0.25, 0.3) is 5.91 Å². The fourth-order valence-electron chi connectivity index (χ4n) is 4.54. The molecule has 5 rings (SSSR count). The fourth-order valence-corrected chi connectivity index (χ4v) is 4.54. The highest BCUT2D eigenvalue weighted by molar-refractivity contribution is 6.10. The summed E-state index contributed by atoms with van der Waals surface area (Å²) in [6, 6.07) is 10.6. The van der Waals surface area contributed by atoms with Crippen molar-refractivity contribution in [1.82, 2.24) is 19.4 Å². The Balaban J connectivity index is 1.33. The molecule has 0 unspecified atom stereocenters. The Bertz CT molecular complexity index is 1020. The van der Waals surface area contributed by atoms with Crippen LogP contribution in [-0.2, 0) is 18.3 Å². The number of para-hydroxylation sites is 1. The van der Waals surface area contributed by atoms with Crippen molar-refractivity contribution in [3.63, 3.8) is 0 Å². The molecule has 1 N–H and O–H groups in total. The number of aryl methyl sites for hydroxylation is 1. The van der Waals surface area contributed by atoms with Gasteiger partial charge >= 0.3 is 0 Å². The lowest BCUT2D eigenvalue weighted by Gasteiger charge is -2.26. The Hall–Kier alpha value is -2.31. The molecule has 1 amide bonds. The number of carbonyl (C=O) groups is 1. The lowest BCUT2D eigenvalue weighted by atomic mass is 10.2. The number of hydrogen-bond donors (Lipinski definition) is 1. The van der Waals surface area contributed by atoms with Gasteiger partial charge in [0.15, 0.2) is 0 Å². The molecule has 1 saturated heterocycles. The molecule has 1 aliphatic heterocycles. The number of rotatable bonds is 7. The number of fused-ring (bicyclic) bond motifs is 3. The van der Waals surface area contributed by atoms with E-state index >= 15 is 0 Å². The van der Waals surface area contributed by atoms with Crippen molar-refractivity contribution in [2.45, 2.75) is 25.8 Å². The van der Waals surface area contributed by atoms with Crippen molar-refractivity contribution < 1.29 is 9.53 Å². The predicted octanol–water partition coefficient (Wildman–Crippen LogP) is 3.00. The molecule has 2 aliphatic rings. The van der Waals surface area contributed by atoms with Gasteiger partial charge in [0, 0.05) is 38.6 Å². The molecule has 2 fully saturated rings. The lowest BCUT2D eigenvalue weighted by Crippen LogP contribution is -2.38. The molecule has 29 heavy (non-hydrogen) atoms. The van der Waals surface area contributed by atoms with E-state index in [0.717, 1.165) is 57.4 Å². The average Bonchev–Trinajstić information content (AvgIpc) is 3.43. The second-order valence-electron chi connectivity index (χ2n) is 8.46. The normalized spacial score (nSPS) is 18.0. The molecule has 3 aromatic rings. The van der Waals surface area contributed by atoms with E-state index in [9.17, 15) is 4.79 Å². The third kappa shape index (κ3) is 3.67. The third-order valence-corrected chi connectivity index (χ3v) is 6.36. The number of hydrogen-bond acceptors (Lipinski definition) is 3. The highest BCUT2D eigenvalue weighted by atomic mass is 16.5. The van der Waals surface area contributed by atoms with Gasteiger partial charge in [-0.25, -0.2) is 0 Å². The maximum Gasteiger partial charge on any atom is 0.267 e. The van der Waals surface area contributed by atoms with Gasteiger partial charge in [-0.2, -0.15) is 0 Å². The highest BCUT2D eigenvalue weighted by Gasteiger charge is 2.26. The number of amides is 1. The number of benzene rings is 1. The van der Waals surface area contributed by atoms with Crippen molar-refractivity contribution in [2.75, 3.05) is 39.4 Å². The first-order valence-corrected chi connectivity index (χ1v) is 10.9. The molecule has 2 aromatic heterocycles. The van der Waals surface area contributed by atoms with E-state index in [1.807, 2.05) is 7.05 Å². The Morgan fingerprint density at radius 1 is 1.17 bits per heavy atom. The molecule has 1 aliphatic carbocycles. The number of carbonyl (C=O) groups excluding carboxylic acids is 1. The maximum absolute atomic E-state index is 12.9. The van der Waals surface area contributed by atoms with Gasteiger partial charge in [0.1, 0.15) is 5.69 Å². The van der Waals surface area contributed by atoms with Crippen LogP contribution in [0.15, 0.2) is 30.3 Å². The summed E-state index contributed by atoms with van der Waals surface area (Å²) in [5.41, 5.74) is 4.37. The number of aromatic nitrogens is 2. The van der Waals surface area contributed by atoms with Gasteiger partial charge in [-0.15, -0.1) is 0 Å². The van der Waals surface area contributed by atoms with Crippen molar-refractivity contribution in [1.29, 1.82) is 0 Å². The van der Waals surface area contributed by atoms with E-state index in [1.165, 1.54) is 34.8 Å². The van der Waals surface area contributed by atoms with Crippen LogP contribution in [0.4, 0.5) is 0 Å². The first kappa shape index (κ1) is 18.7. The van der Waals surface area contributed by atoms with Gasteiger partial charge < -0.3 is 19.2 Å². The minimum atomic E-state index is 0.0210. The van der Waals surface area contributed by atoms with Gasteiger partial charge in [0.2, 0.25) is 0 Å². The van der Waals surface area contributed by atoms with E-state index in [-0.39, 0.29) is 5.91 Å². The van der Waals surface area contributed by atoms with E-state index < -0.39 is 0 Å². The van der Waals surface area contributed by atoms with E-state index in [0.29, 0.717) is 6.54 Å².